The zero-order chi connectivity index (χ0) is 16.8. The maximum Gasteiger partial charge on any atom is 0.255 e. The molecule has 0 radical (unpaired) electrons. The number of amides is 2. The first-order valence-corrected chi connectivity index (χ1v) is 8.25. The average Bonchev–Trinajstić information content (AvgIpc) is 3.29. The number of hydrogen-bond donors (Lipinski definition) is 1. The van der Waals surface area contributed by atoms with Crippen LogP contribution >= 0.6 is 0 Å². The molecule has 2 amide bonds. The highest BCUT2D eigenvalue weighted by Gasteiger charge is 2.35. The van der Waals surface area contributed by atoms with Gasteiger partial charge in [-0.25, -0.2) is 4.39 Å². The molecule has 1 aliphatic heterocycles. The van der Waals surface area contributed by atoms with E-state index in [2.05, 4.69) is 4.98 Å². The van der Waals surface area contributed by atoms with Crippen molar-refractivity contribution >= 4 is 22.7 Å². The Kier molecular flexibility index (Phi) is 3.48. The first kappa shape index (κ1) is 15.1. The third-order valence-corrected chi connectivity index (χ3v) is 4.86. The number of fused-ring (bicyclic) bond motifs is 1. The topological polar surface area (TPSA) is 76.3 Å². The number of pyridine rings is 1. The van der Waals surface area contributed by atoms with E-state index in [0.29, 0.717) is 35.3 Å². The van der Waals surface area contributed by atoms with Crippen LogP contribution in [0, 0.1) is 5.82 Å². The van der Waals surface area contributed by atoms with Gasteiger partial charge >= 0.3 is 0 Å². The number of nitrogens with two attached hydrogens (primary N) is 1. The van der Waals surface area contributed by atoms with Gasteiger partial charge in [0.2, 0.25) is 5.91 Å². The molecule has 4 rings (SSSR count). The lowest BCUT2D eigenvalue weighted by Crippen LogP contribution is -2.43. The number of halogens is 1. The summed E-state index contributed by atoms with van der Waals surface area (Å²) in [5, 5.41) is 0.486. The summed E-state index contributed by atoms with van der Waals surface area (Å²) in [6, 6.07) is 5.46. The quantitative estimate of drug-likeness (QED) is 0.940. The van der Waals surface area contributed by atoms with Gasteiger partial charge in [-0.3, -0.25) is 14.6 Å². The van der Waals surface area contributed by atoms with Crippen molar-refractivity contribution in [2.75, 3.05) is 6.54 Å². The van der Waals surface area contributed by atoms with Gasteiger partial charge in [0.05, 0.1) is 11.1 Å². The maximum atomic E-state index is 13.7. The molecule has 1 aliphatic carbocycles. The van der Waals surface area contributed by atoms with Crippen LogP contribution in [0.3, 0.4) is 0 Å². The average molecular weight is 327 g/mol. The van der Waals surface area contributed by atoms with E-state index in [4.69, 9.17) is 5.73 Å². The number of hydrogen-bond acceptors (Lipinski definition) is 3. The van der Waals surface area contributed by atoms with Crippen molar-refractivity contribution in [3.8, 4) is 0 Å². The summed E-state index contributed by atoms with van der Waals surface area (Å²) in [6.45, 7) is 0.490. The number of likely N-dealkylation sites (tertiary alicyclic amines) is 1. The van der Waals surface area contributed by atoms with Crippen molar-refractivity contribution in [3.05, 3.63) is 41.3 Å². The number of carbonyl (C=O) groups excluding carboxylic acids is 2. The van der Waals surface area contributed by atoms with E-state index < -0.39 is 17.8 Å². The van der Waals surface area contributed by atoms with Gasteiger partial charge in [-0.2, -0.15) is 0 Å². The second kappa shape index (κ2) is 5.54. The summed E-state index contributed by atoms with van der Waals surface area (Å²) in [5.41, 5.74) is 7.31. The molecule has 124 valence electrons. The minimum Gasteiger partial charge on any atom is -0.368 e. The second-order valence-corrected chi connectivity index (χ2v) is 6.59. The maximum absolute atomic E-state index is 13.7. The number of primary amides is 1. The van der Waals surface area contributed by atoms with E-state index in [0.717, 1.165) is 25.0 Å². The Morgan fingerprint density at radius 1 is 1.21 bits per heavy atom. The predicted octanol–water partition coefficient (Wildman–Crippen LogP) is 2.34. The smallest absolute Gasteiger partial charge is 0.255 e. The van der Waals surface area contributed by atoms with E-state index in [1.165, 1.54) is 17.0 Å². The van der Waals surface area contributed by atoms with Crippen LogP contribution in [0.25, 0.3) is 10.9 Å². The molecule has 2 fully saturated rings. The summed E-state index contributed by atoms with van der Waals surface area (Å²) in [6.07, 6.45) is 3.43. The summed E-state index contributed by atoms with van der Waals surface area (Å²) in [5.74, 6) is -0.800. The van der Waals surface area contributed by atoms with Crippen molar-refractivity contribution in [1.82, 2.24) is 9.88 Å². The standard InChI is InChI=1S/C18H18FN3O2/c19-11-5-6-14-12(8-11)13(9-15(21-14)10-3-4-10)18(24)22-7-1-2-16(22)17(20)23/h5-6,8-10,16H,1-4,7H2,(H2,20,23)/t16-/m1/s1. The van der Waals surface area contributed by atoms with E-state index in [-0.39, 0.29) is 5.91 Å². The fourth-order valence-corrected chi connectivity index (χ4v) is 3.44. The van der Waals surface area contributed by atoms with Gasteiger partial charge in [0.15, 0.2) is 0 Å². The lowest BCUT2D eigenvalue weighted by atomic mass is 10.0. The van der Waals surface area contributed by atoms with Crippen molar-refractivity contribution in [1.29, 1.82) is 0 Å². The third kappa shape index (κ3) is 2.52. The fraction of sp³-hybridized carbons (Fsp3) is 0.389. The Labute approximate surface area is 138 Å². The van der Waals surface area contributed by atoms with Gasteiger partial charge in [-0.05, 0) is 49.9 Å². The van der Waals surface area contributed by atoms with Crippen LogP contribution in [0.2, 0.25) is 0 Å². The van der Waals surface area contributed by atoms with Crippen molar-refractivity contribution in [2.45, 2.75) is 37.6 Å². The van der Waals surface area contributed by atoms with Gasteiger partial charge in [0, 0.05) is 23.5 Å². The van der Waals surface area contributed by atoms with Crippen molar-refractivity contribution < 1.29 is 14.0 Å². The lowest BCUT2D eigenvalue weighted by Gasteiger charge is -2.23. The van der Waals surface area contributed by atoms with E-state index in [1.54, 1.807) is 12.1 Å². The van der Waals surface area contributed by atoms with Gasteiger partial charge in [0.25, 0.3) is 5.91 Å². The Balaban J connectivity index is 1.83. The van der Waals surface area contributed by atoms with Crippen LogP contribution in [0.5, 0.6) is 0 Å². The summed E-state index contributed by atoms with van der Waals surface area (Å²) < 4.78 is 13.7. The Morgan fingerprint density at radius 3 is 2.71 bits per heavy atom. The highest BCUT2D eigenvalue weighted by atomic mass is 19.1. The van der Waals surface area contributed by atoms with Gasteiger partial charge in [0.1, 0.15) is 11.9 Å². The SMILES string of the molecule is NC(=O)[C@H]1CCCN1C(=O)c1cc(C2CC2)nc2ccc(F)cc12. The van der Waals surface area contributed by atoms with E-state index >= 15 is 0 Å². The molecule has 0 unspecified atom stereocenters. The van der Waals surface area contributed by atoms with Gasteiger partial charge < -0.3 is 10.6 Å². The first-order chi connectivity index (χ1) is 11.5. The van der Waals surface area contributed by atoms with E-state index in [1.807, 2.05) is 0 Å². The molecule has 1 atom stereocenters. The molecular weight excluding hydrogens is 309 g/mol. The molecule has 6 heteroatoms. The Morgan fingerprint density at radius 2 is 2.00 bits per heavy atom. The normalized spacial score (nSPS) is 20.5. The molecule has 1 aromatic carbocycles. The number of carbonyl (C=O) groups is 2. The number of nitrogens with zero attached hydrogens (tertiary/aromatic N) is 2. The monoisotopic (exact) mass is 327 g/mol. The van der Waals surface area contributed by atoms with Crippen molar-refractivity contribution in [2.24, 2.45) is 5.73 Å². The molecule has 5 nitrogen and oxygen atoms in total. The summed E-state index contributed by atoms with van der Waals surface area (Å²) in [7, 11) is 0. The van der Waals surface area contributed by atoms with Crippen LogP contribution in [-0.2, 0) is 4.79 Å². The zero-order valence-electron chi connectivity index (χ0n) is 13.2. The van der Waals surface area contributed by atoms with Crippen LogP contribution in [0.1, 0.15) is 47.7 Å². The molecule has 1 aromatic heterocycles. The van der Waals surface area contributed by atoms with E-state index in [9.17, 15) is 14.0 Å². The van der Waals surface area contributed by atoms with Gasteiger partial charge in [-0.1, -0.05) is 0 Å². The second-order valence-electron chi connectivity index (χ2n) is 6.59. The van der Waals surface area contributed by atoms with Crippen LogP contribution in [0.4, 0.5) is 4.39 Å². The largest absolute Gasteiger partial charge is 0.368 e. The van der Waals surface area contributed by atoms with Crippen LogP contribution in [-0.4, -0.2) is 34.3 Å². The first-order valence-electron chi connectivity index (χ1n) is 8.25. The molecular formula is C18H18FN3O2. The molecule has 0 bridgehead atoms. The third-order valence-electron chi connectivity index (χ3n) is 4.86. The molecule has 1 saturated carbocycles. The zero-order valence-corrected chi connectivity index (χ0v) is 13.2. The fourth-order valence-electron chi connectivity index (χ4n) is 3.44. The molecule has 1 saturated heterocycles. The minimum atomic E-state index is -0.585. The predicted molar refractivity (Wildman–Crippen MR) is 86.9 cm³/mol. The molecule has 24 heavy (non-hydrogen) atoms. The molecule has 2 aromatic rings. The molecule has 0 spiro atoms. The van der Waals surface area contributed by atoms with Crippen LogP contribution < -0.4 is 5.73 Å². The lowest BCUT2D eigenvalue weighted by molar-refractivity contribution is -0.121. The summed E-state index contributed by atoms with van der Waals surface area (Å²) in [4.78, 5) is 30.7. The Hall–Kier alpha value is -2.50. The minimum absolute atomic E-state index is 0.267. The molecule has 2 aliphatic rings. The highest BCUT2D eigenvalue weighted by molar-refractivity contribution is 6.07. The summed E-state index contributed by atoms with van der Waals surface area (Å²) >= 11 is 0. The highest BCUT2D eigenvalue weighted by Crippen LogP contribution is 2.40. The van der Waals surface area contributed by atoms with Gasteiger partial charge in [-0.15, -0.1) is 0 Å². The number of rotatable bonds is 3. The van der Waals surface area contributed by atoms with Crippen LogP contribution in [0.15, 0.2) is 24.3 Å². The number of aromatic nitrogens is 1. The molecule has 2 heterocycles. The Bertz CT molecular complexity index is 848. The molecule has 2 N–H and O–H groups in total. The van der Waals surface area contributed by atoms with Crippen molar-refractivity contribution in [3.63, 3.8) is 0 Å². The number of benzene rings is 1.